The van der Waals surface area contributed by atoms with Crippen LogP contribution in [0.1, 0.15) is 89.5 Å². The standard InChI is InChI=1S/C21H39BrNO.C7H8O3S/c1-2-3-4-5-6-7-8-9-10-11-12-13-16-23(17-14-15-22)18-20-24-21-19-23;1-6-2-4-7(5-3-6)11(8,9)10/h2-13,16-21H2,1H3;2-5H,1H3,(H,8,9,10)/q+1;/p-1. The zero-order chi connectivity index (χ0) is 25.8. The van der Waals surface area contributed by atoms with E-state index < -0.39 is 10.1 Å². The number of halogens is 1. The monoisotopic (exact) mass is 571 g/mol. The molecular weight excluding hydrogens is 526 g/mol. The SMILES string of the molecule is CCCCCCCCCCCCCC[N+]1(CC#CBr)CCOCC1.Cc1ccc(S(=O)(=O)[O-])cc1. The first-order valence-electron chi connectivity index (χ1n) is 13.4. The molecular formula is C28H46BrNO4S. The van der Waals surface area contributed by atoms with Gasteiger partial charge in [0.1, 0.15) is 29.8 Å². The van der Waals surface area contributed by atoms with E-state index in [1.807, 2.05) is 6.92 Å². The molecule has 1 fully saturated rings. The smallest absolute Gasteiger partial charge is 0.141 e. The van der Waals surface area contributed by atoms with Crippen molar-refractivity contribution in [1.29, 1.82) is 0 Å². The number of hydrogen-bond donors (Lipinski definition) is 0. The predicted molar refractivity (Wildman–Crippen MR) is 147 cm³/mol. The lowest BCUT2D eigenvalue weighted by atomic mass is 10.0. The molecule has 1 aromatic carbocycles. The minimum atomic E-state index is -4.27. The summed E-state index contributed by atoms with van der Waals surface area (Å²) in [6.45, 7) is 10.5. The second-order valence-electron chi connectivity index (χ2n) is 9.71. The molecule has 2 rings (SSSR count). The van der Waals surface area contributed by atoms with Crippen molar-refractivity contribution < 1.29 is 22.2 Å². The molecule has 0 saturated carbocycles. The van der Waals surface area contributed by atoms with Crippen LogP contribution in [-0.4, -0.2) is 56.8 Å². The maximum atomic E-state index is 10.4. The quantitative estimate of drug-likeness (QED) is 0.100. The summed E-state index contributed by atoms with van der Waals surface area (Å²) < 4.78 is 37.9. The highest BCUT2D eigenvalue weighted by atomic mass is 79.9. The van der Waals surface area contributed by atoms with Gasteiger partial charge in [0.25, 0.3) is 0 Å². The second-order valence-corrected chi connectivity index (χ2v) is 11.5. The van der Waals surface area contributed by atoms with Gasteiger partial charge in [-0.25, -0.2) is 8.42 Å². The van der Waals surface area contributed by atoms with Crippen LogP contribution in [0.5, 0.6) is 0 Å². The molecule has 35 heavy (non-hydrogen) atoms. The molecule has 0 bridgehead atoms. The summed E-state index contributed by atoms with van der Waals surface area (Å²) >= 11 is 3.24. The Hall–Kier alpha value is -0.910. The van der Waals surface area contributed by atoms with Crippen molar-refractivity contribution in [2.45, 2.75) is 95.8 Å². The lowest BCUT2D eigenvalue weighted by Gasteiger charge is -2.40. The van der Waals surface area contributed by atoms with E-state index in [0.717, 1.165) is 42.9 Å². The van der Waals surface area contributed by atoms with Crippen LogP contribution in [0.15, 0.2) is 29.2 Å². The largest absolute Gasteiger partial charge is 0.744 e. The molecule has 7 heteroatoms. The minimum Gasteiger partial charge on any atom is -0.744 e. The second kappa shape index (κ2) is 19.2. The van der Waals surface area contributed by atoms with Crippen molar-refractivity contribution in [3.63, 3.8) is 0 Å². The fourth-order valence-corrected chi connectivity index (χ4v) is 4.98. The number of nitrogens with zero attached hydrogens (tertiary/aromatic N) is 1. The molecule has 1 aliphatic rings. The van der Waals surface area contributed by atoms with Gasteiger partial charge in [0.05, 0.1) is 24.7 Å². The van der Waals surface area contributed by atoms with Crippen molar-refractivity contribution in [2.24, 2.45) is 0 Å². The number of hydrogen-bond acceptors (Lipinski definition) is 4. The number of benzene rings is 1. The average Bonchev–Trinajstić information content (AvgIpc) is 2.84. The van der Waals surface area contributed by atoms with Crippen LogP contribution in [0, 0.1) is 17.7 Å². The van der Waals surface area contributed by atoms with E-state index in [4.69, 9.17) is 4.74 Å². The molecule has 0 spiro atoms. The van der Waals surface area contributed by atoms with Gasteiger partial charge in [-0.2, -0.15) is 0 Å². The molecule has 0 amide bonds. The third kappa shape index (κ3) is 15.7. The lowest BCUT2D eigenvalue weighted by Crippen LogP contribution is -2.55. The van der Waals surface area contributed by atoms with Crippen molar-refractivity contribution in [2.75, 3.05) is 39.4 Å². The molecule has 1 aliphatic heterocycles. The molecule has 0 aliphatic carbocycles. The van der Waals surface area contributed by atoms with Crippen LogP contribution in [0.2, 0.25) is 0 Å². The molecule has 0 atom stereocenters. The zero-order valence-corrected chi connectivity index (χ0v) is 24.3. The van der Waals surface area contributed by atoms with Crippen LogP contribution in [0.4, 0.5) is 0 Å². The molecule has 1 heterocycles. The summed E-state index contributed by atoms with van der Waals surface area (Å²) in [7, 11) is -4.27. The number of rotatable bonds is 15. The number of ether oxygens (including phenoxy) is 1. The van der Waals surface area contributed by atoms with Crippen LogP contribution in [0.3, 0.4) is 0 Å². The molecule has 1 aromatic rings. The van der Waals surface area contributed by atoms with Crippen LogP contribution in [-0.2, 0) is 14.9 Å². The Labute approximate surface area is 223 Å². The zero-order valence-electron chi connectivity index (χ0n) is 21.9. The Bertz CT molecular complexity index is 825. The first-order valence-corrected chi connectivity index (χ1v) is 15.6. The summed E-state index contributed by atoms with van der Waals surface area (Å²) in [6, 6.07) is 5.78. The average molecular weight is 573 g/mol. The summed E-state index contributed by atoms with van der Waals surface area (Å²) in [4.78, 5) is 2.71. The van der Waals surface area contributed by atoms with Gasteiger partial charge in [-0.05, 0) is 42.6 Å². The van der Waals surface area contributed by atoms with Crippen LogP contribution < -0.4 is 0 Å². The Morgan fingerprint density at radius 2 is 1.37 bits per heavy atom. The Kier molecular flexibility index (Phi) is 17.7. The van der Waals surface area contributed by atoms with Crippen LogP contribution in [0.25, 0.3) is 0 Å². The Balaban J connectivity index is 0.000000462. The van der Waals surface area contributed by atoms with Gasteiger partial charge in [0, 0.05) is 15.9 Å². The molecule has 0 unspecified atom stereocenters. The lowest BCUT2D eigenvalue weighted by molar-refractivity contribution is -0.928. The van der Waals surface area contributed by atoms with E-state index in [1.54, 1.807) is 12.1 Å². The summed E-state index contributed by atoms with van der Waals surface area (Å²) in [5.74, 6) is 3.24. The predicted octanol–water partition coefficient (Wildman–Crippen LogP) is 6.79. The minimum absolute atomic E-state index is 0.178. The normalized spacial score (nSPS) is 15.0. The topological polar surface area (TPSA) is 66.4 Å². The van der Waals surface area contributed by atoms with Gasteiger partial charge in [-0.1, -0.05) is 88.8 Å². The van der Waals surface area contributed by atoms with Gasteiger partial charge in [0.2, 0.25) is 0 Å². The number of unbranched alkanes of at least 4 members (excludes halogenated alkanes) is 11. The molecule has 200 valence electrons. The van der Waals surface area contributed by atoms with Gasteiger partial charge < -0.3 is 13.8 Å². The Morgan fingerprint density at radius 3 is 1.83 bits per heavy atom. The fraction of sp³-hybridized carbons (Fsp3) is 0.714. The Morgan fingerprint density at radius 1 is 0.886 bits per heavy atom. The van der Waals surface area contributed by atoms with Crippen molar-refractivity contribution in [1.82, 2.24) is 0 Å². The van der Waals surface area contributed by atoms with Gasteiger partial charge in [0.15, 0.2) is 0 Å². The van der Waals surface area contributed by atoms with Gasteiger partial charge in [-0.15, -0.1) is 0 Å². The maximum absolute atomic E-state index is 10.4. The summed E-state index contributed by atoms with van der Waals surface area (Å²) in [5, 5.41) is 0. The van der Waals surface area contributed by atoms with E-state index in [1.165, 1.54) is 95.7 Å². The maximum Gasteiger partial charge on any atom is 0.141 e. The van der Waals surface area contributed by atoms with Crippen molar-refractivity contribution in [3.8, 4) is 10.8 Å². The fourth-order valence-electron chi connectivity index (χ4n) is 4.38. The molecule has 1 saturated heterocycles. The number of quaternary nitrogens is 1. The first kappa shape index (κ1) is 32.1. The van der Waals surface area contributed by atoms with Gasteiger partial charge >= 0.3 is 0 Å². The highest BCUT2D eigenvalue weighted by Gasteiger charge is 2.28. The molecule has 0 radical (unpaired) electrons. The number of aryl methyl sites for hydroxylation is 1. The highest BCUT2D eigenvalue weighted by molar-refractivity contribution is 9.12. The summed E-state index contributed by atoms with van der Waals surface area (Å²) in [5.41, 5.74) is 0.928. The van der Waals surface area contributed by atoms with Crippen LogP contribution >= 0.6 is 15.9 Å². The van der Waals surface area contributed by atoms with Gasteiger partial charge in [-0.3, -0.25) is 0 Å². The molecule has 0 N–H and O–H groups in total. The third-order valence-corrected chi connectivity index (χ3v) is 7.83. The van der Waals surface area contributed by atoms with Crippen molar-refractivity contribution in [3.05, 3.63) is 29.8 Å². The van der Waals surface area contributed by atoms with E-state index in [9.17, 15) is 13.0 Å². The number of morpholine rings is 1. The first-order chi connectivity index (χ1) is 16.8. The van der Waals surface area contributed by atoms with Crippen molar-refractivity contribution >= 4 is 26.0 Å². The van der Waals surface area contributed by atoms with E-state index in [-0.39, 0.29) is 4.90 Å². The van der Waals surface area contributed by atoms with E-state index in [0.29, 0.717) is 0 Å². The third-order valence-electron chi connectivity index (χ3n) is 6.70. The van der Waals surface area contributed by atoms with E-state index >= 15 is 0 Å². The van der Waals surface area contributed by atoms with E-state index in [2.05, 4.69) is 33.6 Å². The highest BCUT2D eigenvalue weighted by Crippen LogP contribution is 2.16. The summed E-state index contributed by atoms with van der Waals surface area (Å²) in [6.07, 6.45) is 17.1. The molecule has 0 aromatic heterocycles. The molecule has 5 nitrogen and oxygen atoms in total.